The fraction of sp³-hybridized carbons (Fsp3) is 0.312. The number of benzene rings is 1. The van der Waals surface area contributed by atoms with Crippen molar-refractivity contribution in [2.45, 2.75) is 20.3 Å². The first-order valence-electron chi connectivity index (χ1n) is 7.64. The first kappa shape index (κ1) is 17.5. The third-order valence-electron chi connectivity index (χ3n) is 3.31. The molecular weight excluding hydrogens is 311 g/mol. The molecule has 128 valence electrons. The van der Waals surface area contributed by atoms with Gasteiger partial charge in [-0.05, 0) is 24.5 Å². The topological polar surface area (TPSA) is 105 Å². The SMILES string of the molecule is CC(C)CCNc1ncnc(NNC(=O)c2ccccc2F)c1N. The Bertz CT molecular complexity index is 707. The maximum absolute atomic E-state index is 13.6. The number of hydrazine groups is 1. The molecule has 0 fully saturated rings. The number of anilines is 3. The Balaban J connectivity index is 2.00. The number of hydrogen-bond donors (Lipinski definition) is 4. The third-order valence-corrected chi connectivity index (χ3v) is 3.31. The molecule has 0 atom stereocenters. The summed E-state index contributed by atoms with van der Waals surface area (Å²) in [5.74, 6) is 0.0390. The summed E-state index contributed by atoms with van der Waals surface area (Å²) in [6, 6.07) is 5.68. The van der Waals surface area contributed by atoms with Crippen molar-refractivity contribution in [1.82, 2.24) is 15.4 Å². The molecule has 0 saturated heterocycles. The molecule has 2 rings (SSSR count). The van der Waals surface area contributed by atoms with Gasteiger partial charge in [-0.15, -0.1) is 0 Å². The lowest BCUT2D eigenvalue weighted by atomic mass is 10.1. The molecule has 0 spiro atoms. The molecule has 7 nitrogen and oxygen atoms in total. The molecule has 24 heavy (non-hydrogen) atoms. The van der Waals surface area contributed by atoms with Crippen LogP contribution in [0.2, 0.25) is 0 Å². The zero-order valence-electron chi connectivity index (χ0n) is 13.6. The predicted octanol–water partition coefficient (Wildman–Crippen LogP) is 2.41. The number of carbonyl (C=O) groups excluding carboxylic acids is 1. The van der Waals surface area contributed by atoms with E-state index >= 15 is 0 Å². The number of aromatic nitrogens is 2. The molecule has 1 amide bonds. The Kier molecular flexibility index (Phi) is 5.89. The fourth-order valence-electron chi connectivity index (χ4n) is 1.94. The third kappa shape index (κ3) is 4.55. The Hall–Kier alpha value is -2.90. The normalized spacial score (nSPS) is 10.5. The second-order valence-electron chi connectivity index (χ2n) is 5.65. The van der Waals surface area contributed by atoms with Crippen molar-refractivity contribution in [3.05, 3.63) is 42.0 Å². The molecule has 0 aliphatic heterocycles. The van der Waals surface area contributed by atoms with E-state index in [4.69, 9.17) is 5.73 Å². The van der Waals surface area contributed by atoms with E-state index in [2.05, 4.69) is 40.0 Å². The van der Waals surface area contributed by atoms with Gasteiger partial charge in [0, 0.05) is 6.54 Å². The van der Waals surface area contributed by atoms with Gasteiger partial charge in [0.15, 0.2) is 11.6 Å². The molecular formula is C16H21FN6O. The highest BCUT2D eigenvalue weighted by molar-refractivity contribution is 5.95. The van der Waals surface area contributed by atoms with Crippen molar-refractivity contribution in [3.8, 4) is 0 Å². The summed E-state index contributed by atoms with van der Waals surface area (Å²) in [5.41, 5.74) is 11.1. The number of halogens is 1. The summed E-state index contributed by atoms with van der Waals surface area (Å²) in [6.07, 6.45) is 2.29. The Morgan fingerprint density at radius 3 is 2.67 bits per heavy atom. The fourth-order valence-corrected chi connectivity index (χ4v) is 1.94. The van der Waals surface area contributed by atoms with E-state index in [1.54, 1.807) is 6.07 Å². The van der Waals surface area contributed by atoms with Gasteiger partial charge in [-0.1, -0.05) is 26.0 Å². The molecule has 2 aromatic rings. The van der Waals surface area contributed by atoms with E-state index in [0.717, 1.165) is 13.0 Å². The number of hydrogen-bond acceptors (Lipinski definition) is 6. The van der Waals surface area contributed by atoms with Crippen molar-refractivity contribution < 1.29 is 9.18 Å². The van der Waals surface area contributed by atoms with E-state index < -0.39 is 11.7 Å². The van der Waals surface area contributed by atoms with Crippen molar-refractivity contribution in [2.75, 3.05) is 23.0 Å². The lowest BCUT2D eigenvalue weighted by molar-refractivity contribution is 0.0958. The molecule has 0 unspecified atom stereocenters. The van der Waals surface area contributed by atoms with Gasteiger partial charge in [-0.25, -0.2) is 14.4 Å². The van der Waals surface area contributed by atoms with Crippen LogP contribution in [-0.4, -0.2) is 22.4 Å². The maximum Gasteiger partial charge on any atom is 0.272 e. The molecule has 0 radical (unpaired) electrons. The van der Waals surface area contributed by atoms with Crippen LogP contribution < -0.4 is 21.9 Å². The van der Waals surface area contributed by atoms with Crippen molar-refractivity contribution >= 4 is 23.2 Å². The molecule has 5 N–H and O–H groups in total. The molecule has 0 aliphatic rings. The highest BCUT2D eigenvalue weighted by Gasteiger charge is 2.12. The average Bonchev–Trinajstić information content (AvgIpc) is 2.55. The molecule has 1 aromatic heterocycles. The standard InChI is InChI=1S/C16H21FN6O/c1-10(2)7-8-19-14-13(18)15(21-9-20-14)22-23-16(24)11-5-3-4-6-12(11)17/h3-6,9-10H,7-8,18H2,1-2H3,(H,23,24)(H2,19,20,21,22). The minimum absolute atomic E-state index is 0.0760. The van der Waals surface area contributed by atoms with Gasteiger partial charge in [0.05, 0.1) is 5.56 Å². The van der Waals surface area contributed by atoms with E-state index in [0.29, 0.717) is 11.7 Å². The van der Waals surface area contributed by atoms with Crippen LogP contribution in [0.15, 0.2) is 30.6 Å². The van der Waals surface area contributed by atoms with Crippen LogP contribution in [0.3, 0.4) is 0 Å². The molecule has 1 heterocycles. The molecule has 8 heteroatoms. The Morgan fingerprint density at radius 1 is 1.25 bits per heavy atom. The Morgan fingerprint density at radius 2 is 1.96 bits per heavy atom. The van der Waals surface area contributed by atoms with Crippen LogP contribution in [0.4, 0.5) is 21.7 Å². The van der Waals surface area contributed by atoms with Gasteiger partial charge in [0.25, 0.3) is 5.91 Å². The van der Waals surface area contributed by atoms with Crippen LogP contribution in [0.1, 0.15) is 30.6 Å². The van der Waals surface area contributed by atoms with Crippen LogP contribution in [0.5, 0.6) is 0 Å². The first-order valence-corrected chi connectivity index (χ1v) is 7.64. The zero-order chi connectivity index (χ0) is 17.5. The molecule has 0 saturated carbocycles. The molecule has 0 bridgehead atoms. The number of nitrogen functional groups attached to an aromatic ring is 1. The summed E-state index contributed by atoms with van der Waals surface area (Å²) in [5, 5.41) is 3.12. The monoisotopic (exact) mass is 332 g/mol. The lowest BCUT2D eigenvalue weighted by Crippen LogP contribution is -2.31. The number of rotatable bonds is 7. The average molecular weight is 332 g/mol. The van der Waals surface area contributed by atoms with E-state index in [1.165, 1.54) is 24.5 Å². The number of nitrogens with zero attached hydrogens (tertiary/aromatic N) is 2. The summed E-state index contributed by atoms with van der Waals surface area (Å²) >= 11 is 0. The van der Waals surface area contributed by atoms with E-state index in [1.807, 2.05) is 0 Å². The Labute approximate surface area is 139 Å². The minimum atomic E-state index is -0.625. The highest BCUT2D eigenvalue weighted by Crippen LogP contribution is 2.21. The second-order valence-corrected chi connectivity index (χ2v) is 5.65. The minimum Gasteiger partial charge on any atom is -0.393 e. The first-order chi connectivity index (χ1) is 11.5. The van der Waals surface area contributed by atoms with Crippen molar-refractivity contribution in [3.63, 3.8) is 0 Å². The van der Waals surface area contributed by atoms with E-state index in [9.17, 15) is 9.18 Å². The van der Waals surface area contributed by atoms with Gasteiger partial charge in [0.1, 0.15) is 17.8 Å². The van der Waals surface area contributed by atoms with Crippen molar-refractivity contribution in [2.24, 2.45) is 5.92 Å². The van der Waals surface area contributed by atoms with Gasteiger partial charge < -0.3 is 11.1 Å². The smallest absolute Gasteiger partial charge is 0.272 e. The summed E-state index contributed by atoms with van der Waals surface area (Å²) < 4.78 is 13.6. The van der Waals surface area contributed by atoms with Crippen LogP contribution >= 0.6 is 0 Å². The largest absolute Gasteiger partial charge is 0.393 e. The molecule has 1 aromatic carbocycles. The van der Waals surface area contributed by atoms with Crippen LogP contribution in [0, 0.1) is 11.7 Å². The number of amides is 1. The van der Waals surface area contributed by atoms with Crippen molar-refractivity contribution in [1.29, 1.82) is 0 Å². The zero-order valence-corrected chi connectivity index (χ0v) is 13.6. The quantitative estimate of drug-likeness (QED) is 0.580. The molecule has 0 aliphatic carbocycles. The summed E-state index contributed by atoms with van der Waals surface area (Å²) in [4.78, 5) is 20.0. The van der Waals surface area contributed by atoms with Gasteiger partial charge in [0.2, 0.25) is 0 Å². The number of carbonyl (C=O) groups is 1. The highest BCUT2D eigenvalue weighted by atomic mass is 19.1. The van der Waals surface area contributed by atoms with Gasteiger partial charge >= 0.3 is 0 Å². The predicted molar refractivity (Wildman–Crippen MR) is 91.9 cm³/mol. The van der Waals surface area contributed by atoms with E-state index in [-0.39, 0.29) is 17.1 Å². The lowest BCUT2D eigenvalue weighted by Gasteiger charge is -2.13. The number of nitrogens with one attached hydrogen (secondary N) is 3. The second kappa shape index (κ2) is 8.09. The van der Waals surface area contributed by atoms with Crippen LogP contribution in [0.25, 0.3) is 0 Å². The van der Waals surface area contributed by atoms with Gasteiger partial charge in [-0.2, -0.15) is 0 Å². The maximum atomic E-state index is 13.6. The summed E-state index contributed by atoms with van der Waals surface area (Å²) in [6.45, 7) is 4.96. The number of nitrogens with two attached hydrogens (primary N) is 1. The summed E-state index contributed by atoms with van der Waals surface area (Å²) in [7, 11) is 0. The van der Waals surface area contributed by atoms with Crippen LogP contribution in [-0.2, 0) is 0 Å². The van der Waals surface area contributed by atoms with Gasteiger partial charge in [-0.3, -0.25) is 15.6 Å².